The number of carbonyl (C=O) groups excluding carboxylic acids is 1. The minimum Gasteiger partial charge on any atom is -0.493 e. The predicted octanol–water partition coefficient (Wildman–Crippen LogP) is 2.59. The van der Waals surface area contributed by atoms with E-state index in [0.717, 1.165) is 15.8 Å². The highest BCUT2D eigenvalue weighted by Gasteiger charge is 2.23. The summed E-state index contributed by atoms with van der Waals surface area (Å²) in [6.45, 7) is 5.82. The molecule has 35 heavy (non-hydrogen) atoms. The molecular formula is C23H24N8O4. The summed E-state index contributed by atoms with van der Waals surface area (Å²) in [4.78, 5) is 12.8. The summed E-state index contributed by atoms with van der Waals surface area (Å²) in [6.07, 6.45) is 0. The van der Waals surface area contributed by atoms with Crippen LogP contribution in [0.15, 0.2) is 52.2 Å². The van der Waals surface area contributed by atoms with E-state index in [-0.39, 0.29) is 17.3 Å². The Kier molecular flexibility index (Phi) is 6.71. The highest BCUT2D eigenvalue weighted by Crippen LogP contribution is 2.29. The van der Waals surface area contributed by atoms with E-state index >= 15 is 0 Å². The molecule has 0 radical (unpaired) electrons. The second-order valence-electron chi connectivity index (χ2n) is 7.69. The van der Waals surface area contributed by atoms with E-state index in [1.165, 1.54) is 5.56 Å². The first kappa shape index (κ1) is 23.4. The number of hydrogen-bond donors (Lipinski definition) is 2. The monoisotopic (exact) mass is 476 g/mol. The van der Waals surface area contributed by atoms with Crippen LogP contribution in [0.3, 0.4) is 0 Å². The van der Waals surface area contributed by atoms with Crippen LogP contribution in [0, 0.1) is 13.8 Å². The Morgan fingerprint density at radius 1 is 1.14 bits per heavy atom. The second-order valence-corrected chi connectivity index (χ2v) is 7.69. The summed E-state index contributed by atoms with van der Waals surface area (Å²) in [6, 6.07) is 13.5. The lowest BCUT2D eigenvalue weighted by Crippen LogP contribution is -2.24. The Balaban J connectivity index is 1.48. The van der Waals surface area contributed by atoms with Gasteiger partial charge in [0.1, 0.15) is 6.61 Å². The number of nitrogens with two attached hydrogens (primary N) is 1. The standard InChI is InChI=1S/C23H24N8O4/c1-13-5-7-16(8-6-13)12-34-18-10-9-17(11-19(18)33-4)14(2)25-27-23(32)20-15(3)26-30-31(20)22-21(24)28-35-29-22/h5-11H,12H2,1-4H3,(H2,24,28)(H,27,32)/b25-14-. The minimum atomic E-state index is -0.556. The van der Waals surface area contributed by atoms with Crippen LogP contribution in [-0.2, 0) is 6.61 Å². The number of anilines is 1. The van der Waals surface area contributed by atoms with Crippen molar-refractivity contribution >= 4 is 17.4 Å². The Bertz CT molecular complexity index is 1370. The normalized spacial score (nSPS) is 11.4. The molecule has 2 aromatic carbocycles. The van der Waals surface area contributed by atoms with E-state index in [1.54, 1.807) is 33.1 Å². The molecule has 1 amide bonds. The zero-order valence-corrected chi connectivity index (χ0v) is 19.6. The zero-order chi connectivity index (χ0) is 24.9. The van der Waals surface area contributed by atoms with Crippen molar-refractivity contribution in [2.24, 2.45) is 5.10 Å². The maximum absolute atomic E-state index is 12.8. The van der Waals surface area contributed by atoms with E-state index in [1.807, 2.05) is 37.3 Å². The number of nitrogens with one attached hydrogen (secondary N) is 1. The first-order valence-corrected chi connectivity index (χ1v) is 10.6. The van der Waals surface area contributed by atoms with Crippen molar-refractivity contribution in [3.05, 3.63) is 70.5 Å². The van der Waals surface area contributed by atoms with Crippen LogP contribution >= 0.6 is 0 Å². The Morgan fingerprint density at radius 2 is 1.91 bits per heavy atom. The van der Waals surface area contributed by atoms with Gasteiger partial charge < -0.3 is 15.2 Å². The molecule has 0 fully saturated rings. The van der Waals surface area contributed by atoms with Crippen molar-refractivity contribution in [3.8, 4) is 17.3 Å². The first-order valence-electron chi connectivity index (χ1n) is 10.6. The van der Waals surface area contributed by atoms with Crippen LogP contribution < -0.4 is 20.6 Å². The van der Waals surface area contributed by atoms with Gasteiger partial charge >= 0.3 is 0 Å². The summed E-state index contributed by atoms with van der Waals surface area (Å²) in [5.74, 6) is 0.614. The van der Waals surface area contributed by atoms with Crippen LogP contribution in [0.2, 0.25) is 0 Å². The van der Waals surface area contributed by atoms with Gasteiger partial charge in [-0.1, -0.05) is 35.0 Å². The maximum atomic E-state index is 12.8. The zero-order valence-electron chi connectivity index (χ0n) is 19.6. The summed E-state index contributed by atoms with van der Waals surface area (Å²) < 4.78 is 17.1. The molecule has 0 spiro atoms. The molecule has 180 valence electrons. The SMILES string of the molecule is COc1cc(/C(C)=N\NC(=O)c2c(C)nnn2-c2nonc2N)ccc1OCc1ccc(C)cc1. The molecule has 4 rings (SSSR count). The van der Waals surface area contributed by atoms with E-state index in [2.05, 4.69) is 35.8 Å². The lowest BCUT2D eigenvalue weighted by atomic mass is 10.1. The van der Waals surface area contributed by atoms with Gasteiger partial charge in [-0.25, -0.2) is 10.1 Å². The highest BCUT2D eigenvalue weighted by molar-refractivity contribution is 6.01. The number of rotatable bonds is 8. The molecule has 0 bridgehead atoms. The third-order valence-corrected chi connectivity index (χ3v) is 5.17. The number of carbonyl (C=O) groups is 1. The molecule has 0 saturated heterocycles. The number of amides is 1. The molecule has 0 aliphatic rings. The molecule has 12 nitrogen and oxygen atoms in total. The lowest BCUT2D eigenvalue weighted by molar-refractivity contribution is 0.0946. The molecule has 0 saturated carbocycles. The number of benzene rings is 2. The Labute approximate surface area is 200 Å². The van der Waals surface area contributed by atoms with Gasteiger partial charge in [0.2, 0.25) is 11.6 Å². The smallest absolute Gasteiger partial charge is 0.292 e. The first-order chi connectivity index (χ1) is 16.9. The van der Waals surface area contributed by atoms with Gasteiger partial charge in [0.05, 0.1) is 18.5 Å². The summed E-state index contributed by atoms with van der Waals surface area (Å²) in [5, 5.41) is 19.1. The molecule has 12 heteroatoms. The molecule has 2 heterocycles. The van der Waals surface area contributed by atoms with Crippen LogP contribution in [0.25, 0.3) is 5.82 Å². The third-order valence-electron chi connectivity index (χ3n) is 5.17. The Hall–Kier alpha value is -4.74. The van der Waals surface area contributed by atoms with E-state index in [4.69, 9.17) is 15.2 Å². The molecule has 2 aromatic heterocycles. The molecule has 3 N–H and O–H groups in total. The molecule has 0 aliphatic carbocycles. The van der Waals surface area contributed by atoms with Gasteiger partial charge in [0.15, 0.2) is 17.2 Å². The maximum Gasteiger partial charge on any atom is 0.292 e. The van der Waals surface area contributed by atoms with E-state index < -0.39 is 5.91 Å². The third kappa shape index (κ3) is 5.11. The number of aromatic nitrogens is 5. The van der Waals surface area contributed by atoms with Gasteiger partial charge in [-0.3, -0.25) is 4.79 Å². The van der Waals surface area contributed by atoms with Crippen LogP contribution in [0.1, 0.15) is 39.8 Å². The van der Waals surface area contributed by atoms with Crippen molar-refractivity contribution < 1.29 is 18.9 Å². The van der Waals surface area contributed by atoms with Gasteiger partial charge in [-0.05, 0) is 54.8 Å². The summed E-state index contributed by atoms with van der Waals surface area (Å²) in [5.41, 5.74) is 12.2. The molecule has 4 aromatic rings. The highest BCUT2D eigenvalue weighted by atomic mass is 16.6. The fourth-order valence-corrected chi connectivity index (χ4v) is 3.21. The topological polar surface area (TPSA) is 156 Å². The number of hydrogen-bond acceptors (Lipinski definition) is 10. The average molecular weight is 476 g/mol. The number of hydrazone groups is 1. The fourth-order valence-electron chi connectivity index (χ4n) is 3.21. The predicted molar refractivity (Wildman–Crippen MR) is 127 cm³/mol. The largest absolute Gasteiger partial charge is 0.493 e. The minimum absolute atomic E-state index is 0.0274. The van der Waals surface area contributed by atoms with Crippen molar-refractivity contribution in [2.45, 2.75) is 27.4 Å². The molecular weight excluding hydrogens is 452 g/mol. The van der Waals surface area contributed by atoms with Gasteiger partial charge in [-0.15, -0.1) is 5.10 Å². The van der Waals surface area contributed by atoms with E-state index in [9.17, 15) is 4.79 Å². The van der Waals surface area contributed by atoms with Crippen molar-refractivity contribution in [2.75, 3.05) is 12.8 Å². The average Bonchev–Trinajstić information content (AvgIpc) is 3.46. The second kappa shape index (κ2) is 10.0. The van der Waals surface area contributed by atoms with Gasteiger partial charge in [0, 0.05) is 5.56 Å². The van der Waals surface area contributed by atoms with Crippen molar-refractivity contribution in [3.63, 3.8) is 0 Å². The molecule has 0 unspecified atom stereocenters. The van der Waals surface area contributed by atoms with Crippen molar-refractivity contribution in [1.82, 2.24) is 30.7 Å². The summed E-state index contributed by atoms with van der Waals surface area (Å²) in [7, 11) is 1.56. The fraction of sp³-hybridized carbons (Fsp3) is 0.217. The van der Waals surface area contributed by atoms with Crippen molar-refractivity contribution in [1.29, 1.82) is 0 Å². The van der Waals surface area contributed by atoms with Crippen LogP contribution in [0.5, 0.6) is 11.5 Å². The number of nitrogen functional groups attached to an aromatic ring is 1. The van der Waals surface area contributed by atoms with Crippen LogP contribution in [-0.4, -0.2) is 44.0 Å². The number of ether oxygens (including phenoxy) is 2. The Morgan fingerprint density at radius 3 is 2.60 bits per heavy atom. The molecule has 0 atom stereocenters. The van der Waals surface area contributed by atoms with Gasteiger partial charge in [0.25, 0.3) is 5.91 Å². The number of aryl methyl sites for hydroxylation is 2. The molecule has 0 aliphatic heterocycles. The van der Waals surface area contributed by atoms with Crippen LogP contribution in [0.4, 0.5) is 5.82 Å². The van der Waals surface area contributed by atoms with Gasteiger partial charge in [-0.2, -0.15) is 9.78 Å². The number of methoxy groups -OCH3 is 1. The quantitative estimate of drug-likeness (QED) is 0.288. The number of nitrogens with zero attached hydrogens (tertiary/aromatic N) is 6. The summed E-state index contributed by atoms with van der Waals surface area (Å²) >= 11 is 0. The lowest BCUT2D eigenvalue weighted by Gasteiger charge is -2.12. The van der Waals surface area contributed by atoms with E-state index in [0.29, 0.717) is 29.5 Å².